The van der Waals surface area contributed by atoms with E-state index in [0.717, 1.165) is 12.8 Å². The second kappa shape index (κ2) is 10.7. The van der Waals surface area contributed by atoms with Crippen molar-refractivity contribution in [3.8, 4) is 11.4 Å². The fraction of sp³-hybridized carbons (Fsp3) is 0.370. The zero-order valence-corrected chi connectivity index (χ0v) is 24.3. The lowest BCUT2D eigenvalue weighted by Gasteiger charge is -2.35. The number of nitrogens with zero attached hydrogens (tertiary/aromatic N) is 6. The smallest absolute Gasteiger partial charge is 0.316 e. The van der Waals surface area contributed by atoms with E-state index in [2.05, 4.69) is 22.2 Å². The molecule has 13 nitrogen and oxygen atoms in total. The van der Waals surface area contributed by atoms with E-state index in [-0.39, 0.29) is 48.6 Å². The van der Waals surface area contributed by atoms with Crippen molar-refractivity contribution in [3.05, 3.63) is 79.8 Å². The Morgan fingerprint density at radius 2 is 1.90 bits per heavy atom. The summed E-state index contributed by atoms with van der Waals surface area (Å²) in [5.41, 5.74) is 0.895. The molecule has 1 aliphatic heterocycles. The zero-order valence-electron chi connectivity index (χ0n) is 22.7. The number of anilines is 1. The number of nitro benzene ring substituents is 1. The third kappa shape index (κ3) is 5.44. The number of H-pyrrole nitrogens is 1. The molecule has 0 unspecified atom stereocenters. The Morgan fingerprint density at radius 3 is 2.60 bits per heavy atom. The van der Waals surface area contributed by atoms with Gasteiger partial charge >= 0.3 is 5.56 Å². The first-order valence-corrected chi connectivity index (χ1v) is 15.4. The maximum absolute atomic E-state index is 13.6. The minimum Gasteiger partial charge on any atom is -0.486 e. The van der Waals surface area contributed by atoms with Crippen LogP contribution in [-0.4, -0.2) is 70.4 Å². The summed E-state index contributed by atoms with van der Waals surface area (Å²) < 4.78 is 35.6. The highest BCUT2D eigenvalue weighted by atomic mass is 35.5. The number of ether oxygens (including phenoxy) is 1. The Labute approximate surface area is 245 Å². The first kappa shape index (κ1) is 28.1. The summed E-state index contributed by atoms with van der Waals surface area (Å²) in [4.78, 5) is 26.6. The van der Waals surface area contributed by atoms with Crippen molar-refractivity contribution in [2.24, 2.45) is 5.41 Å². The van der Waals surface area contributed by atoms with Gasteiger partial charge in [-0.15, -0.1) is 0 Å². The lowest BCUT2D eigenvalue weighted by Crippen LogP contribution is -2.49. The van der Waals surface area contributed by atoms with Gasteiger partial charge < -0.3 is 9.64 Å². The lowest BCUT2D eigenvalue weighted by molar-refractivity contribution is -0.385. The van der Waals surface area contributed by atoms with Crippen molar-refractivity contribution < 1.29 is 18.1 Å². The minimum absolute atomic E-state index is 0.0150. The molecule has 1 aliphatic carbocycles. The predicted molar refractivity (Wildman–Crippen MR) is 157 cm³/mol. The van der Waals surface area contributed by atoms with Crippen LogP contribution in [0.4, 0.5) is 11.4 Å². The van der Waals surface area contributed by atoms with Gasteiger partial charge in [0.1, 0.15) is 5.69 Å². The molecule has 4 aromatic rings. The molecule has 0 amide bonds. The van der Waals surface area contributed by atoms with Crippen LogP contribution in [0.25, 0.3) is 16.6 Å². The average Bonchev–Trinajstić information content (AvgIpc) is 3.49. The maximum atomic E-state index is 13.6. The van der Waals surface area contributed by atoms with Gasteiger partial charge in [0, 0.05) is 48.1 Å². The van der Waals surface area contributed by atoms with Gasteiger partial charge in [0.25, 0.3) is 5.69 Å². The van der Waals surface area contributed by atoms with Gasteiger partial charge in [-0.05, 0) is 37.1 Å². The summed E-state index contributed by atoms with van der Waals surface area (Å²) in [6.07, 6.45) is 4.97. The van der Waals surface area contributed by atoms with Crippen LogP contribution in [0.5, 0.6) is 5.75 Å². The van der Waals surface area contributed by atoms with Crippen LogP contribution in [0.2, 0.25) is 5.02 Å². The molecule has 0 atom stereocenters. The fourth-order valence-electron chi connectivity index (χ4n) is 5.05. The molecule has 2 aliphatic rings. The fourth-order valence-corrected chi connectivity index (χ4v) is 6.81. The van der Waals surface area contributed by atoms with Crippen LogP contribution in [-0.2, 0) is 15.8 Å². The molecule has 15 heteroatoms. The Morgan fingerprint density at radius 1 is 1.14 bits per heavy atom. The van der Waals surface area contributed by atoms with E-state index < -0.39 is 26.3 Å². The SMILES string of the molecule is CC1(COc2c(N3CCN(S(=O)(=O)Cc4c([N+](=O)[O-])ccc5[nH]ncc45)CC3)cnn(-c3cccc(Cl)c3)c2=O)CC1. The third-order valence-corrected chi connectivity index (χ3v) is 9.88. The number of halogens is 1. The highest BCUT2D eigenvalue weighted by Gasteiger charge is 2.39. The van der Waals surface area contributed by atoms with E-state index >= 15 is 0 Å². The van der Waals surface area contributed by atoms with Gasteiger partial charge in [-0.2, -0.15) is 19.2 Å². The van der Waals surface area contributed by atoms with Gasteiger partial charge in [0.2, 0.25) is 15.8 Å². The lowest BCUT2D eigenvalue weighted by atomic mass is 10.1. The largest absolute Gasteiger partial charge is 0.486 e. The number of hydrogen-bond acceptors (Lipinski definition) is 9. The average molecular weight is 614 g/mol. The zero-order chi connectivity index (χ0) is 29.6. The van der Waals surface area contributed by atoms with Crippen molar-refractivity contribution >= 4 is 43.9 Å². The van der Waals surface area contributed by atoms with Crippen LogP contribution < -0.4 is 15.2 Å². The highest BCUT2D eigenvalue weighted by molar-refractivity contribution is 7.88. The molecule has 3 heterocycles. The number of aromatic nitrogens is 4. The van der Waals surface area contributed by atoms with Crippen LogP contribution >= 0.6 is 11.6 Å². The van der Waals surface area contributed by atoms with Gasteiger partial charge in [0.05, 0.1) is 46.4 Å². The number of nitro groups is 1. The summed E-state index contributed by atoms with van der Waals surface area (Å²) in [7, 11) is -3.92. The number of hydrogen-bond donors (Lipinski definition) is 1. The summed E-state index contributed by atoms with van der Waals surface area (Å²) >= 11 is 6.14. The first-order valence-electron chi connectivity index (χ1n) is 13.4. The summed E-state index contributed by atoms with van der Waals surface area (Å²) in [6, 6.07) is 9.59. The Bertz CT molecular complexity index is 1850. The van der Waals surface area contributed by atoms with Gasteiger partial charge in [-0.1, -0.05) is 24.6 Å². The molecule has 220 valence electrons. The minimum atomic E-state index is -3.92. The summed E-state index contributed by atoms with van der Waals surface area (Å²) in [6.45, 7) is 3.25. The highest BCUT2D eigenvalue weighted by Crippen LogP contribution is 2.45. The number of aromatic amines is 1. The second-order valence-corrected chi connectivity index (χ2v) is 13.4. The number of fused-ring (bicyclic) bond motifs is 1. The second-order valence-electron chi connectivity index (χ2n) is 10.9. The van der Waals surface area contributed by atoms with Crippen LogP contribution in [0.3, 0.4) is 0 Å². The number of nitrogens with one attached hydrogen (secondary N) is 1. The van der Waals surface area contributed by atoms with E-state index in [4.69, 9.17) is 16.3 Å². The van der Waals surface area contributed by atoms with E-state index in [1.807, 2.05) is 4.90 Å². The molecule has 2 aromatic heterocycles. The standard InChI is InChI=1S/C27H28ClN7O6S/c1-27(7-8-27)17-41-25-24(15-30-34(26(25)36)19-4-2-3-18(28)13-19)32-9-11-33(12-10-32)42(39,40)16-21-20-14-29-31-22(20)5-6-23(21)35(37)38/h2-6,13-15H,7-12,16-17H2,1H3,(H,29,31). The summed E-state index contributed by atoms with van der Waals surface area (Å²) in [5, 5.41) is 23.5. The topological polar surface area (TPSA) is 157 Å². The third-order valence-electron chi connectivity index (χ3n) is 7.84. The van der Waals surface area contributed by atoms with E-state index in [1.165, 1.54) is 27.3 Å². The van der Waals surface area contributed by atoms with Crippen molar-refractivity contribution in [2.45, 2.75) is 25.5 Å². The molecule has 0 spiro atoms. The van der Waals surface area contributed by atoms with E-state index in [1.54, 1.807) is 30.5 Å². The molecular formula is C27H28ClN7O6S. The van der Waals surface area contributed by atoms with Crippen molar-refractivity contribution in [3.63, 3.8) is 0 Å². The van der Waals surface area contributed by atoms with Crippen molar-refractivity contribution in [1.29, 1.82) is 0 Å². The predicted octanol–water partition coefficient (Wildman–Crippen LogP) is 3.50. The molecule has 42 heavy (non-hydrogen) atoms. The molecule has 1 saturated heterocycles. The Balaban J connectivity index is 1.25. The Kier molecular flexibility index (Phi) is 7.15. The number of sulfonamides is 1. The quantitative estimate of drug-likeness (QED) is 0.220. The van der Waals surface area contributed by atoms with Gasteiger partial charge in [-0.25, -0.2) is 8.42 Å². The van der Waals surface area contributed by atoms with Crippen LogP contribution in [0, 0.1) is 15.5 Å². The van der Waals surface area contributed by atoms with E-state index in [0.29, 0.717) is 33.9 Å². The monoisotopic (exact) mass is 613 g/mol. The molecule has 0 radical (unpaired) electrons. The molecule has 1 saturated carbocycles. The maximum Gasteiger partial charge on any atom is 0.316 e. The van der Waals surface area contributed by atoms with Gasteiger partial charge in [-0.3, -0.25) is 20.0 Å². The van der Waals surface area contributed by atoms with Crippen LogP contribution in [0.15, 0.2) is 53.6 Å². The number of rotatable bonds is 9. The summed E-state index contributed by atoms with van der Waals surface area (Å²) in [5.74, 6) is -0.388. The van der Waals surface area contributed by atoms with Crippen LogP contribution in [0.1, 0.15) is 25.3 Å². The van der Waals surface area contributed by atoms with Gasteiger partial charge in [0.15, 0.2) is 0 Å². The molecule has 0 bridgehead atoms. The molecule has 2 fully saturated rings. The van der Waals surface area contributed by atoms with E-state index in [9.17, 15) is 23.3 Å². The Hall–Kier alpha value is -4.01. The number of piperazine rings is 1. The normalized spacial score (nSPS) is 17.0. The first-order chi connectivity index (χ1) is 20.0. The van der Waals surface area contributed by atoms with Crippen molar-refractivity contribution in [1.82, 2.24) is 24.3 Å². The molecular weight excluding hydrogens is 586 g/mol. The van der Waals surface area contributed by atoms with Crippen molar-refractivity contribution in [2.75, 3.05) is 37.7 Å². The molecule has 6 rings (SSSR count). The molecule has 1 N–H and O–H groups in total. The number of benzene rings is 2. The molecule has 2 aromatic carbocycles.